The second-order valence-electron chi connectivity index (χ2n) is 8.02. The largest absolute Gasteiger partial charge is 0.408 e. The molecule has 0 saturated carbocycles. The van der Waals surface area contributed by atoms with Crippen molar-refractivity contribution in [2.75, 3.05) is 23.0 Å². The quantitative estimate of drug-likeness (QED) is 0.502. The van der Waals surface area contributed by atoms with Crippen LogP contribution in [0.3, 0.4) is 0 Å². The van der Waals surface area contributed by atoms with Crippen molar-refractivity contribution < 1.29 is 18.3 Å². The topological polar surface area (TPSA) is 75.3 Å². The number of hydrogen-bond donors (Lipinski definition) is 2. The molecule has 1 aliphatic rings. The number of fused-ring (bicyclic) bond motifs is 1. The summed E-state index contributed by atoms with van der Waals surface area (Å²) < 4.78 is 44.1. The van der Waals surface area contributed by atoms with E-state index in [4.69, 9.17) is 0 Å². The minimum atomic E-state index is -4.45. The van der Waals surface area contributed by atoms with E-state index in [2.05, 4.69) is 10.4 Å². The van der Waals surface area contributed by atoms with E-state index in [9.17, 15) is 23.1 Å². The molecule has 4 rings (SSSR count). The summed E-state index contributed by atoms with van der Waals surface area (Å²) in [5.74, 6) is 0.192. The molecule has 2 unspecified atom stereocenters. The number of nitrogens with zero attached hydrogens (tertiary/aromatic N) is 4. The highest BCUT2D eigenvalue weighted by Crippen LogP contribution is 2.42. The van der Waals surface area contributed by atoms with Gasteiger partial charge in [0.1, 0.15) is 12.6 Å². The first-order valence-electron chi connectivity index (χ1n) is 10.9. The Morgan fingerprint density at radius 2 is 2.00 bits per heavy atom. The fourth-order valence-corrected chi connectivity index (χ4v) is 4.91. The summed E-state index contributed by atoms with van der Waals surface area (Å²) in [4.78, 5) is 15.1. The molecular weight excluding hydrogens is 467 g/mol. The van der Waals surface area contributed by atoms with E-state index in [1.165, 1.54) is 15.5 Å². The second-order valence-corrected chi connectivity index (χ2v) is 8.87. The van der Waals surface area contributed by atoms with Crippen molar-refractivity contribution in [2.24, 2.45) is 0 Å². The van der Waals surface area contributed by atoms with Crippen LogP contribution in [0.2, 0.25) is 0 Å². The van der Waals surface area contributed by atoms with Crippen molar-refractivity contribution in [3.8, 4) is 5.69 Å². The monoisotopic (exact) mass is 493 g/mol. The predicted octanol–water partition coefficient (Wildman–Crippen LogP) is 4.19. The lowest BCUT2D eigenvalue weighted by Gasteiger charge is -2.42. The number of thioether (sulfide) groups is 1. The number of aliphatic hydroxyl groups excluding tert-OH is 1. The number of aliphatic hydroxyl groups is 1. The van der Waals surface area contributed by atoms with Gasteiger partial charge in [-0.2, -0.15) is 17.9 Å². The number of nitrogens with one attached hydrogen (secondary N) is 1. The normalized spacial score (nSPS) is 16.8. The van der Waals surface area contributed by atoms with Crippen molar-refractivity contribution >= 4 is 23.1 Å². The first-order valence-corrected chi connectivity index (χ1v) is 12.1. The number of anilines is 2. The number of hydrogen-bond acceptors (Lipinski definition) is 6. The highest BCUT2D eigenvalue weighted by Gasteiger charge is 2.43. The van der Waals surface area contributed by atoms with Crippen LogP contribution in [0.25, 0.3) is 5.69 Å². The fourth-order valence-electron chi connectivity index (χ4n) is 4.25. The Hall–Kier alpha value is -2.92. The lowest BCUT2D eigenvalue weighted by molar-refractivity contribution is -0.144. The summed E-state index contributed by atoms with van der Waals surface area (Å²) in [5.41, 5.74) is 1.67. The third-order valence-corrected chi connectivity index (χ3v) is 6.91. The first-order chi connectivity index (χ1) is 16.2. The molecule has 0 spiro atoms. The number of alkyl halides is 3. The fraction of sp³-hybridized carbons (Fsp3) is 0.391. The van der Waals surface area contributed by atoms with Crippen LogP contribution in [0, 0.1) is 0 Å². The molecule has 1 aromatic heterocycles. The molecule has 1 aliphatic heterocycles. The van der Waals surface area contributed by atoms with Crippen LogP contribution in [0.1, 0.15) is 31.3 Å². The molecular formula is C23H26F3N5O2S. The van der Waals surface area contributed by atoms with E-state index in [1.807, 2.05) is 30.5 Å². The molecule has 3 aromatic rings. The molecule has 2 heterocycles. The summed E-state index contributed by atoms with van der Waals surface area (Å²) in [6, 6.07) is 10.4. The Morgan fingerprint density at radius 1 is 1.26 bits per heavy atom. The molecule has 0 saturated heterocycles. The summed E-state index contributed by atoms with van der Waals surface area (Å²) in [6.45, 7) is 2.88. The maximum atomic E-state index is 13.9. The average molecular weight is 494 g/mol. The highest BCUT2D eigenvalue weighted by atomic mass is 32.2. The molecule has 182 valence electrons. The molecule has 0 radical (unpaired) electrons. The molecule has 2 N–H and O–H groups in total. The summed E-state index contributed by atoms with van der Waals surface area (Å²) in [5, 5.41) is 17.1. The number of halogens is 3. The highest BCUT2D eigenvalue weighted by molar-refractivity contribution is 7.98. The Balaban J connectivity index is 1.82. The van der Waals surface area contributed by atoms with E-state index in [-0.39, 0.29) is 18.4 Å². The van der Waals surface area contributed by atoms with Crippen molar-refractivity contribution in [1.82, 2.24) is 14.3 Å². The molecule has 11 heteroatoms. The predicted molar refractivity (Wildman–Crippen MR) is 127 cm³/mol. The number of aromatic nitrogens is 3. The van der Waals surface area contributed by atoms with Crippen LogP contribution < -0.4 is 15.9 Å². The van der Waals surface area contributed by atoms with E-state index < -0.39 is 24.5 Å². The Kier molecular flexibility index (Phi) is 6.68. The second kappa shape index (κ2) is 9.38. The van der Waals surface area contributed by atoms with Gasteiger partial charge in [-0.05, 0) is 49.9 Å². The van der Waals surface area contributed by atoms with E-state index in [1.54, 1.807) is 30.8 Å². The van der Waals surface area contributed by atoms with E-state index in [0.29, 0.717) is 23.6 Å². The van der Waals surface area contributed by atoms with Crippen molar-refractivity contribution in [3.63, 3.8) is 0 Å². The zero-order chi connectivity index (χ0) is 24.6. The van der Waals surface area contributed by atoms with Gasteiger partial charge in [0.25, 0.3) is 0 Å². The molecule has 0 fully saturated rings. The van der Waals surface area contributed by atoms with E-state index in [0.717, 1.165) is 22.1 Å². The van der Waals surface area contributed by atoms with Gasteiger partial charge in [-0.15, -0.1) is 16.9 Å². The first kappa shape index (κ1) is 24.2. The number of benzene rings is 2. The molecule has 0 aliphatic carbocycles. The van der Waals surface area contributed by atoms with Gasteiger partial charge in [-0.3, -0.25) is 4.57 Å². The SMILES string of the molecule is CCn1c(CO)nn(-c2ccc3c(c2)N(C(C)C(F)(F)F)CC(c2ccccc2SC)N3)c1=O. The van der Waals surface area contributed by atoms with Gasteiger partial charge in [0.2, 0.25) is 0 Å². The van der Waals surface area contributed by atoms with Crippen LogP contribution in [0.4, 0.5) is 24.5 Å². The molecule has 2 atom stereocenters. The van der Waals surface area contributed by atoms with Crippen LogP contribution in [0.5, 0.6) is 0 Å². The smallest absolute Gasteiger partial charge is 0.388 e. The van der Waals surface area contributed by atoms with Crippen molar-refractivity contribution in [3.05, 3.63) is 64.3 Å². The van der Waals surface area contributed by atoms with E-state index >= 15 is 0 Å². The van der Waals surface area contributed by atoms with Crippen LogP contribution in [0.15, 0.2) is 52.2 Å². The van der Waals surface area contributed by atoms with Gasteiger partial charge in [-0.1, -0.05) is 18.2 Å². The standard InChI is InChI=1S/C23H26F3N5O2S/c1-4-29-21(13-32)28-31(22(29)33)15-9-10-17-19(11-15)30(14(2)23(24,25)26)12-18(27-17)16-7-5-6-8-20(16)34-3/h5-11,14,18,27,32H,4,12-13H2,1-3H3. The summed E-state index contributed by atoms with van der Waals surface area (Å²) in [6.07, 6.45) is -2.51. The van der Waals surface area contributed by atoms with Crippen molar-refractivity contribution in [1.29, 1.82) is 0 Å². The van der Waals surface area contributed by atoms with Gasteiger partial charge < -0.3 is 15.3 Å². The van der Waals surface area contributed by atoms with Gasteiger partial charge in [0.05, 0.1) is 23.1 Å². The minimum absolute atomic E-state index is 0.0922. The third kappa shape index (κ3) is 4.29. The van der Waals surface area contributed by atoms with Crippen LogP contribution in [-0.2, 0) is 13.2 Å². The van der Waals surface area contributed by atoms with Gasteiger partial charge >= 0.3 is 11.9 Å². The molecule has 7 nitrogen and oxygen atoms in total. The minimum Gasteiger partial charge on any atom is -0.388 e. The molecule has 0 amide bonds. The molecule has 34 heavy (non-hydrogen) atoms. The Morgan fingerprint density at radius 3 is 2.62 bits per heavy atom. The summed E-state index contributed by atoms with van der Waals surface area (Å²) >= 11 is 1.54. The summed E-state index contributed by atoms with van der Waals surface area (Å²) in [7, 11) is 0. The molecule has 2 aromatic carbocycles. The lowest BCUT2D eigenvalue weighted by atomic mass is 10.00. The zero-order valence-electron chi connectivity index (χ0n) is 19.0. The third-order valence-electron chi connectivity index (χ3n) is 6.10. The van der Waals surface area contributed by atoms with Gasteiger partial charge in [0, 0.05) is 18.0 Å². The maximum Gasteiger partial charge on any atom is 0.408 e. The average Bonchev–Trinajstić information content (AvgIpc) is 3.17. The van der Waals surface area contributed by atoms with Crippen molar-refractivity contribution in [2.45, 2.75) is 50.2 Å². The maximum absolute atomic E-state index is 13.9. The Bertz CT molecular complexity index is 1240. The van der Waals surface area contributed by atoms with Crippen LogP contribution >= 0.6 is 11.8 Å². The molecule has 0 bridgehead atoms. The number of rotatable bonds is 6. The van der Waals surface area contributed by atoms with Gasteiger partial charge in [0.15, 0.2) is 5.82 Å². The zero-order valence-corrected chi connectivity index (χ0v) is 19.8. The van der Waals surface area contributed by atoms with Gasteiger partial charge in [-0.25, -0.2) is 4.79 Å². The lowest BCUT2D eigenvalue weighted by Crippen LogP contribution is -2.49. The van der Waals surface area contributed by atoms with Crippen LogP contribution in [-0.4, -0.2) is 44.5 Å². The Labute approximate surface area is 199 Å².